The van der Waals surface area contributed by atoms with E-state index in [1.165, 1.54) is 15.1 Å². The van der Waals surface area contributed by atoms with Gasteiger partial charge >= 0.3 is 0 Å². The standard InChI is InChI=1S/C15H15NOS2/c1-9-7-14(18-10(9)2)12(17)8-15-16-11-5-3-4-6-13(11)19-15/h3-7,12,17H,8H2,1-2H3. The third-order valence-corrected chi connectivity index (χ3v) is 5.53. The number of aromatic nitrogens is 1. The highest BCUT2D eigenvalue weighted by Crippen LogP contribution is 2.30. The maximum absolute atomic E-state index is 10.3. The van der Waals surface area contributed by atoms with E-state index in [4.69, 9.17) is 0 Å². The molecule has 3 rings (SSSR count). The maximum Gasteiger partial charge on any atom is 0.0968 e. The van der Waals surface area contributed by atoms with Gasteiger partial charge in [0.05, 0.1) is 21.3 Å². The van der Waals surface area contributed by atoms with Crippen LogP contribution in [0.4, 0.5) is 0 Å². The van der Waals surface area contributed by atoms with Crippen LogP contribution in [-0.2, 0) is 6.42 Å². The molecule has 0 spiro atoms. The van der Waals surface area contributed by atoms with Crippen molar-refractivity contribution in [3.8, 4) is 0 Å². The van der Waals surface area contributed by atoms with Gasteiger partial charge in [-0.3, -0.25) is 0 Å². The molecule has 0 saturated heterocycles. The second kappa shape index (κ2) is 5.04. The summed E-state index contributed by atoms with van der Waals surface area (Å²) in [5.41, 5.74) is 2.27. The molecule has 1 N–H and O–H groups in total. The molecule has 2 aromatic heterocycles. The summed E-state index contributed by atoms with van der Waals surface area (Å²) in [6.45, 7) is 4.17. The number of aryl methyl sites for hydroxylation is 2. The number of nitrogens with zero attached hydrogens (tertiary/aromatic N) is 1. The summed E-state index contributed by atoms with van der Waals surface area (Å²) in [5.74, 6) is 0. The van der Waals surface area contributed by atoms with Crippen LogP contribution in [0.1, 0.15) is 26.4 Å². The Kier molecular flexibility index (Phi) is 3.39. The van der Waals surface area contributed by atoms with E-state index in [0.717, 1.165) is 15.4 Å². The molecule has 0 radical (unpaired) electrons. The normalized spacial score (nSPS) is 13.0. The molecule has 1 unspecified atom stereocenters. The summed E-state index contributed by atoms with van der Waals surface area (Å²) < 4.78 is 1.18. The van der Waals surface area contributed by atoms with E-state index in [1.807, 2.05) is 18.2 Å². The smallest absolute Gasteiger partial charge is 0.0968 e. The van der Waals surface area contributed by atoms with Crippen molar-refractivity contribution >= 4 is 32.9 Å². The molecule has 0 amide bonds. The van der Waals surface area contributed by atoms with E-state index in [2.05, 4.69) is 31.0 Å². The summed E-state index contributed by atoms with van der Waals surface area (Å²) in [5, 5.41) is 11.3. The van der Waals surface area contributed by atoms with Crippen LogP contribution < -0.4 is 0 Å². The number of thiophene rings is 1. The summed E-state index contributed by atoms with van der Waals surface area (Å²) in [6.07, 6.45) is 0.150. The monoisotopic (exact) mass is 289 g/mol. The lowest BCUT2D eigenvalue weighted by Gasteiger charge is -2.05. The van der Waals surface area contributed by atoms with E-state index in [1.54, 1.807) is 22.7 Å². The number of aliphatic hydroxyl groups is 1. The fourth-order valence-electron chi connectivity index (χ4n) is 2.04. The number of rotatable bonds is 3. The first-order valence-corrected chi connectivity index (χ1v) is 7.86. The SMILES string of the molecule is Cc1cc(C(O)Cc2nc3ccccc3s2)sc1C. The van der Waals surface area contributed by atoms with Crippen molar-refractivity contribution in [2.75, 3.05) is 0 Å². The molecule has 0 aliphatic heterocycles. The van der Waals surface area contributed by atoms with Crippen LogP contribution in [0.2, 0.25) is 0 Å². The van der Waals surface area contributed by atoms with Crippen LogP contribution in [0.25, 0.3) is 10.2 Å². The largest absolute Gasteiger partial charge is 0.387 e. The Morgan fingerprint density at radius 2 is 2.00 bits per heavy atom. The number of fused-ring (bicyclic) bond motifs is 1. The van der Waals surface area contributed by atoms with Gasteiger partial charge in [0.1, 0.15) is 0 Å². The van der Waals surface area contributed by atoms with Crippen LogP contribution in [0.5, 0.6) is 0 Å². The van der Waals surface area contributed by atoms with E-state index in [0.29, 0.717) is 6.42 Å². The predicted octanol–water partition coefficient (Wildman–Crippen LogP) is 4.25. The van der Waals surface area contributed by atoms with Gasteiger partial charge < -0.3 is 5.11 Å². The first kappa shape index (κ1) is 12.8. The fourth-order valence-corrected chi connectivity index (χ4v) is 4.07. The maximum atomic E-state index is 10.3. The summed E-state index contributed by atoms with van der Waals surface area (Å²) in [6, 6.07) is 10.2. The minimum atomic E-state index is -0.446. The lowest BCUT2D eigenvalue weighted by Crippen LogP contribution is -1.98. The van der Waals surface area contributed by atoms with Gasteiger partial charge in [0.2, 0.25) is 0 Å². The van der Waals surface area contributed by atoms with E-state index >= 15 is 0 Å². The molecule has 19 heavy (non-hydrogen) atoms. The number of para-hydroxylation sites is 1. The van der Waals surface area contributed by atoms with Gasteiger partial charge in [0.15, 0.2) is 0 Å². The minimum absolute atomic E-state index is 0.446. The number of hydrogen-bond donors (Lipinski definition) is 1. The predicted molar refractivity (Wildman–Crippen MR) is 82.1 cm³/mol. The van der Waals surface area contributed by atoms with Crippen molar-refractivity contribution < 1.29 is 5.11 Å². The Labute approximate surface area is 120 Å². The molecule has 98 valence electrons. The summed E-state index contributed by atoms with van der Waals surface area (Å²) in [4.78, 5) is 6.88. The van der Waals surface area contributed by atoms with Crippen molar-refractivity contribution in [1.82, 2.24) is 4.98 Å². The van der Waals surface area contributed by atoms with Crippen molar-refractivity contribution in [3.63, 3.8) is 0 Å². The molecule has 0 fully saturated rings. The average molecular weight is 289 g/mol. The van der Waals surface area contributed by atoms with Gasteiger partial charge in [0.25, 0.3) is 0 Å². The van der Waals surface area contributed by atoms with Crippen LogP contribution in [0, 0.1) is 13.8 Å². The molecule has 2 heterocycles. The quantitative estimate of drug-likeness (QED) is 0.782. The molecule has 4 heteroatoms. The van der Waals surface area contributed by atoms with Crippen molar-refractivity contribution in [2.45, 2.75) is 26.4 Å². The van der Waals surface area contributed by atoms with E-state index in [9.17, 15) is 5.11 Å². The van der Waals surface area contributed by atoms with Crippen LogP contribution >= 0.6 is 22.7 Å². The van der Waals surface area contributed by atoms with Crippen molar-refractivity contribution in [1.29, 1.82) is 0 Å². The first-order chi connectivity index (χ1) is 9.13. The second-order valence-electron chi connectivity index (χ2n) is 4.68. The highest BCUT2D eigenvalue weighted by molar-refractivity contribution is 7.18. The number of hydrogen-bond acceptors (Lipinski definition) is 4. The van der Waals surface area contributed by atoms with Crippen molar-refractivity contribution in [3.05, 3.63) is 50.7 Å². The lowest BCUT2D eigenvalue weighted by molar-refractivity contribution is 0.182. The zero-order valence-electron chi connectivity index (χ0n) is 10.9. The number of benzene rings is 1. The molecule has 3 aromatic rings. The third-order valence-electron chi connectivity index (χ3n) is 3.22. The topological polar surface area (TPSA) is 33.1 Å². The van der Waals surface area contributed by atoms with Crippen molar-refractivity contribution in [2.24, 2.45) is 0 Å². The molecular formula is C15H15NOS2. The van der Waals surface area contributed by atoms with E-state index in [-0.39, 0.29) is 0 Å². The zero-order valence-corrected chi connectivity index (χ0v) is 12.5. The molecule has 1 aromatic carbocycles. The van der Waals surface area contributed by atoms with Crippen LogP contribution in [0.15, 0.2) is 30.3 Å². The summed E-state index contributed by atoms with van der Waals surface area (Å²) in [7, 11) is 0. The molecule has 1 atom stereocenters. The highest BCUT2D eigenvalue weighted by Gasteiger charge is 2.15. The van der Waals surface area contributed by atoms with Gasteiger partial charge in [0, 0.05) is 16.2 Å². The summed E-state index contributed by atoms with van der Waals surface area (Å²) >= 11 is 3.34. The lowest BCUT2D eigenvalue weighted by atomic mass is 10.2. The van der Waals surface area contributed by atoms with Gasteiger partial charge in [-0.1, -0.05) is 12.1 Å². The van der Waals surface area contributed by atoms with Gasteiger partial charge in [-0.05, 0) is 37.6 Å². The van der Waals surface area contributed by atoms with Gasteiger partial charge in [-0.25, -0.2) is 4.98 Å². The third kappa shape index (κ3) is 2.56. The molecule has 0 aliphatic carbocycles. The number of thiazole rings is 1. The Morgan fingerprint density at radius 3 is 2.68 bits per heavy atom. The first-order valence-electron chi connectivity index (χ1n) is 6.23. The Balaban J connectivity index is 1.84. The average Bonchev–Trinajstić information content (AvgIpc) is 2.93. The Bertz CT molecular complexity index is 661. The van der Waals surface area contributed by atoms with Gasteiger partial charge in [-0.2, -0.15) is 0 Å². The van der Waals surface area contributed by atoms with Crippen LogP contribution in [-0.4, -0.2) is 10.1 Å². The van der Waals surface area contributed by atoms with Gasteiger partial charge in [-0.15, -0.1) is 22.7 Å². The Hall–Kier alpha value is -1.23. The molecule has 0 saturated carbocycles. The molecule has 2 nitrogen and oxygen atoms in total. The Morgan fingerprint density at radius 1 is 1.21 bits per heavy atom. The van der Waals surface area contributed by atoms with Crippen LogP contribution in [0.3, 0.4) is 0 Å². The molecule has 0 aliphatic rings. The minimum Gasteiger partial charge on any atom is -0.387 e. The zero-order chi connectivity index (χ0) is 13.4. The fraction of sp³-hybridized carbons (Fsp3) is 0.267. The second-order valence-corrected chi connectivity index (χ2v) is 7.09. The molecular weight excluding hydrogens is 274 g/mol. The van der Waals surface area contributed by atoms with E-state index < -0.39 is 6.10 Å². The molecule has 0 bridgehead atoms. The number of aliphatic hydroxyl groups excluding tert-OH is 1. The highest BCUT2D eigenvalue weighted by atomic mass is 32.1.